The van der Waals surface area contributed by atoms with E-state index in [0.29, 0.717) is 54.1 Å². The maximum atomic E-state index is 13.2. The summed E-state index contributed by atoms with van der Waals surface area (Å²) in [5.74, 6) is 0.269. The molecule has 6 heterocycles. The van der Waals surface area contributed by atoms with Gasteiger partial charge in [0.1, 0.15) is 4.88 Å². The quantitative estimate of drug-likeness (QED) is 0.341. The van der Waals surface area contributed by atoms with Crippen LogP contribution in [0.15, 0.2) is 24.5 Å². The van der Waals surface area contributed by atoms with E-state index in [-0.39, 0.29) is 47.4 Å². The molecule has 0 aliphatic carbocycles. The van der Waals surface area contributed by atoms with Gasteiger partial charge in [-0.15, -0.1) is 11.3 Å². The van der Waals surface area contributed by atoms with Crippen molar-refractivity contribution in [3.8, 4) is 11.8 Å². The van der Waals surface area contributed by atoms with E-state index in [0.717, 1.165) is 15.8 Å². The van der Waals surface area contributed by atoms with Gasteiger partial charge in [-0.2, -0.15) is 4.98 Å². The van der Waals surface area contributed by atoms with Crippen molar-refractivity contribution in [1.82, 2.24) is 35.1 Å². The Morgan fingerprint density at radius 1 is 1.22 bits per heavy atom. The van der Waals surface area contributed by atoms with Crippen LogP contribution in [0.4, 0.5) is 5.69 Å². The van der Waals surface area contributed by atoms with E-state index >= 15 is 0 Å². The first-order chi connectivity index (χ1) is 19.7. The van der Waals surface area contributed by atoms with Crippen LogP contribution >= 0.6 is 22.9 Å². The highest BCUT2D eigenvalue weighted by molar-refractivity contribution is 7.21. The van der Waals surface area contributed by atoms with Crippen LogP contribution in [-0.2, 0) is 16.1 Å². The molecule has 12 nitrogen and oxygen atoms in total. The number of amides is 3. The molecule has 7 rings (SSSR count). The number of aromatic nitrogens is 4. The summed E-state index contributed by atoms with van der Waals surface area (Å²) in [6.07, 6.45) is 3.74. The summed E-state index contributed by atoms with van der Waals surface area (Å²) in [6.45, 7) is 5.77. The average Bonchev–Trinajstić information content (AvgIpc) is 3.41. The van der Waals surface area contributed by atoms with E-state index in [2.05, 4.69) is 30.6 Å². The predicted molar refractivity (Wildman–Crippen MR) is 152 cm³/mol. The molecule has 0 radical (unpaired) electrons. The van der Waals surface area contributed by atoms with Crippen molar-refractivity contribution in [2.45, 2.75) is 32.9 Å². The topological polar surface area (TPSA) is 143 Å². The lowest BCUT2D eigenvalue weighted by molar-refractivity contribution is -0.153. The molecule has 1 atom stereocenters. The highest BCUT2D eigenvalue weighted by Crippen LogP contribution is 2.42. The van der Waals surface area contributed by atoms with E-state index in [1.165, 1.54) is 24.5 Å². The second-order valence-electron chi connectivity index (χ2n) is 10.8. The second-order valence-corrected chi connectivity index (χ2v) is 12.2. The number of carbonyl (C=O) groups is 3. The van der Waals surface area contributed by atoms with Crippen molar-refractivity contribution < 1.29 is 19.1 Å². The molecule has 0 saturated carbocycles. The summed E-state index contributed by atoms with van der Waals surface area (Å²) in [5, 5.41) is 7.23. The number of thiophene rings is 1. The Morgan fingerprint density at radius 3 is 2.85 bits per heavy atom. The van der Waals surface area contributed by atoms with Gasteiger partial charge in [0.15, 0.2) is 0 Å². The number of fused-ring (bicyclic) bond motifs is 5. The van der Waals surface area contributed by atoms with Gasteiger partial charge >= 0.3 is 0 Å². The fraction of sp³-hybridized carbons (Fsp3) is 0.370. The van der Waals surface area contributed by atoms with Gasteiger partial charge in [0.05, 0.1) is 40.4 Å². The number of benzene rings is 1. The maximum absolute atomic E-state index is 13.2. The Kier molecular flexibility index (Phi) is 5.98. The number of anilines is 1. The van der Waals surface area contributed by atoms with Crippen molar-refractivity contribution >= 4 is 67.5 Å². The first-order valence-corrected chi connectivity index (χ1v) is 14.4. The summed E-state index contributed by atoms with van der Waals surface area (Å²) in [4.78, 5) is 59.4. The van der Waals surface area contributed by atoms with Crippen molar-refractivity contribution in [1.29, 1.82) is 0 Å². The lowest BCUT2D eigenvalue weighted by Crippen LogP contribution is -2.61. The lowest BCUT2D eigenvalue weighted by Gasteiger charge is -2.45. The Morgan fingerprint density at radius 2 is 2.05 bits per heavy atom. The van der Waals surface area contributed by atoms with Crippen LogP contribution in [0.25, 0.3) is 21.1 Å². The number of halogens is 1. The molecule has 3 aromatic heterocycles. The molecule has 3 amide bonds. The number of nitrogens with one attached hydrogen (secondary N) is 2. The molecule has 210 valence electrons. The van der Waals surface area contributed by atoms with Gasteiger partial charge in [0, 0.05) is 55.4 Å². The number of likely N-dealkylation sites (tertiary alicyclic amines) is 2. The zero-order valence-corrected chi connectivity index (χ0v) is 23.8. The van der Waals surface area contributed by atoms with E-state index < -0.39 is 5.41 Å². The standard InChI is InChI=1S/C27H25ClN8O4S/c1-13-7-29-21-19-17(41-22(21)23(38)32-13)4-3-16-20(19)30-9-18(33-16)40-24-15(8-31-26(28)34-24)10-35-6-5-27(25(35)39)11-36(12-27)14(2)37/h3-4,8-9,13,29H,5-7,10-12H2,1-2H3,(H,32,38)/t13-/m1/s1. The van der Waals surface area contributed by atoms with Gasteiger partial charge in [-0.1, -0.05) is 0 Å². The molecule has 0 bridgehead atoms. The number of carbonyl (C=O) groups excluding carboxylic acids is 3. The number of hydrogen-bond acceptors (Lipinski definition) is 10. The monoisotopic (exact) mass is 592 g/mol. The third kappa shape index (κ3) is 4.30. The summed E-state index contributed by atoms with van der Waals surface area (Å²) in [5.41, 5.74) is 2.07. The lowest BCUT2D eigenvalue weighted by atomic mass is 9.78. The summed E-state index contributed by atoms with van der Waals surface area (Å²) >= 11 is 7.52. The first-order valence-electron chi connectivity index (χ1n) is 13.2. The Balaban J connectivity index is 1.16. The van der Waals surface area contributed by atoms with E-state index in [1.54, 1.807) is 16.0 Å². The normalized spacial score (nSPS) is 19.6. The van der Waals surface area contributed by atoms with Crippen molar-refractivity contribution in [2.24, 2.45) is 5.41 Å². The van der Waals surface area contributed by atoms with Crippen LogP contribution in [0.2, 0.25) is 5.28 Å². The Bertz CT molecular complexity index is 1770. The minimum atomic E-state index is -0.511. The van der Waals surface area contributed by atoms with Crippen molar-refractivity contribution in [3.63, 3.8) is 0 Å². The molecule has 41 heavy (non-hydrogen) atoms. The second kappa shape index (κ2) is 9.48. The highest BCUT2D eigenvalue weighted by atomic mass is 35.5. The van der Waals surface area contributed by atoms with Crippen LogP contribution in [0.1, 0.15) is 35.5 Å². The van der Waals surface area contributed by atoms with Gasteiger partial charge in [-0.05, 0) is 37.1 Å². The van der Waals surface area contributed by atoms with Gasteiger partial charge in [-0.3, -0.25) is 14.4 Å². The minimum Gasteiger partial charge on any atom is -0.418 e. The molecule has 2 fully saturated rings. The minimum absolute atomic E-state index is 0.000867. The zero-order valence-electron chi connectivity index (χ0n) is 22.2. The fourth-order valence-corrected chi connectivity index (χ4v) is 6.95. The number of nitrogens with zero attached hydrogens (tertiary/aromatic N) is 6. The largest absolute Gasteiger partial charge is 0.418 e. The number of hydrogen-bond donors (Lipinski definition) is 2. The first kappa shape index (κ1) is 25.8. The summed E-state index contributed by atoms with van der Waals surface area (Å²) < 4.78 is 6.99. The third-order valence-corrected chi connectivity index (χ3v) is 9.24. The Labute approximate surface area is 243 Å². The molecule has 3 aliphatic heterocycles. The van der Waals surface area contributed by atoms with E-state index in [9.17, 15) is 14.4 Å². The average molecular weight is 593 g/mol. The van der Waals surface area contributed by atoms with Gasteiger partial charge < -0.3 is 25.2 Å². The van der Waals surface area contributed by atoms with Gasteiger partial charge in [0.25, 0.3) is 5.91 Å². The van der Waals surface area contributed by atoms with E-state index in [1.807, 2.05) is 19.1 Å². The van der Waals surface area contributed by atoms with Crippen LogP contribution in [0, 0.1) is 5.41 Å². The van der Waals surface area contributed by atoms with Crippen LogP contribution in [-0.4, -0.2) is 79.7 Å². The summed E-state index contributed by atoms with van der Waals surface area (Å²) in [7, 11) is 0. The van der Waals surface area contributed by atoms with Crippen LogP contribution in [0.5, 0.6) is 11.8 Å². The van der Waals surface area contributed by atoms with Gasteiger partial charge in [-0.25, -0.2) is 15.0 Å². The fourth-order valence-electron chi connectivity index (χ4n) is 5.74. The van der Waals surface area contributed by atoms with Crippen molar-refractivity contribution in [2.75, 3.05) is 31.5 Å². The predicted octanol–water partition coefficient (Wildman–Crippen LogP) is 3.20. The molecule has 0 unspecified atom stereocenters. The van der Waals surface area contributed by atoms with Crippen LogP contribution in [0.3, 0.4) is 0 Å². The molecule has 4 aromatic rings. The highest BCUT2D eigenvalue weighted by Gasteiger charge is 2.55. The zero-order chi connectivity index (χ0) is 28.5. The molecular weight excluding hydrogens is 568 g/mol. The SMILES string of the molecule is CC(=O)N1CC2(CCN(Cc3cnc(Cl)nc3Oc3cnc4c(ccc5sc6c(c54)NC[C@@H](C)NC6=O)n3)C2=O)C1. The summed E-state index contributed by atoms with van der Waals surface area (Å²) in [6, 6.07) is 3.76. The smallest absolute Gasteiger partial charge is 0.263 e. The van der Waals surface area contributed by atoms with Crippen molar-refractivity contribution in [3.05, 3.63) is 40.3 Å². The molecule has 14 heteroatoms. The molecule has 3 aliphatic rings. The van der Waals surface area contributed by atoms with Gasteiger partial charge in [0.2, 0.25) is 28.9 Å². The molecule has 1 aromatic carbocycles. The molecule has 2 saturated heterocycles. The number of ether oxygens (including phenoxy) is 1. The van der Waals surface area contributed by atoms with E-state index in [4.69, 9.17) is 16.3 Å². The third-order valence-electron chi connectivity index (χ3n) is 7.90. The maximum Gasteiger partial charge on any atom is 0.263 e. The number of rotatable bonds is 4. The van der Waals surface area contributed by atoms with Crippen LogP contribution < -0.4 is 15.4 Å². The molecule has 1 spiro atoms. The molecule has 2 N–H and O–H groups in total. The Hall–Kier alpha value is -4.10. The molecular formula is C27H25ClN8O4S.